The fourth-order valence-corrected chi connectivity index (χ4v) is 4.05. The Bertz CT molecular complexity index is 524. The van der Waals surface area contributed by atoms with Gasteiger partial charge < -0.3 is 9.64 Å². The van der Waals surface area contributed by atoms with Crippen LogP contribution in [-0.4, -0.2) is 50.5 Å². The second kappa shape index (κ2) is 5.12. The molecule has 1 amide bonds. The normalized spacial score (nSPS) is 33.1. The van der Waals surface area contributed by atoms with Crippen molar-refractivity contribution in [2.75, 3.05) is 19.3 Å². The van der Waals surface area contributed by atoms with Crippen molar-refractivity contribution in [1.82, 2.24) is 4.90 Å². The molecule has 3 unspecified atom stereocenters. The predicted octanol–water partition coefficient (Wildman–Crippen LogP) is 2.00. The molecule has 1 aliphatic carbocycles. The van der Waals surface area contributed by atoms with Gasteiger partial charge in [-0.25, -0.2) is 4.79 Å². The van der Waals surface area contributed by atoms with E-state index in [9.17, 15) is 13.2 Å². The zero-order valence-corrected chi connectivity index (χ0v) is 14.2. The first-order valence-electron chi connectivity index (χ1n) is 7.24. The molecule has 2 aliphatic rings. The van der Waals surface area contributed by atoms with E-state index in [0.29, 0.717) is 25.9 Å². The van der Waals surface area contributed by atoms with Crippen LogP contribution in [0.4, 0.5) is 4.79 Å². The largest absolute Gasteiger partial charge is 0.444 e. The second-order valence-electron chi connectivity index (χ2n) is 7.57. The van der Waals surface area contributed by atoms with Crippen molar-refractivity contribution in [2.45, 2.75) is 52.2 Å². The monoisotopic (exact) mass is 319 g/mol. The van der Waals surface area contributed by atoms with Crippen LogP contribution in [0.2, 0.25) is 0 Å². The summed E-state index contributed by atoms with van der Waals surface area (Å²) in [6.45, 7) is 8.83. The Kier molecular flexibility index (Phi) is 4.04. The molecular formula is C14H25NO5S. The van der Waals surface area contributed by atoms with Crippen LogP contribution < -0.4 is 0 Å². The summed E-state index contributed by atoms with van der Waals surface area (Å²) >= 11 is 0. The maximum atomic E-state index is 12.1. The van der Waals surface area contributed by atoms with Crippen molar-refractivity contribution in [3.05, 3.63) is 0 Å². The Hall–Kier alpha value is -0.820. The Morgan fingerprint density at radius 1 is 1.33 bits per heavy atom. The van der Waals surface area contributed by atoms with Crippen LogP contribution >= 0.6 is 0 Å². The summed E-state index contributed by atoms with van der Waals surface area (Å²) in [6.07, 6.45) is 1.85. The summed E-state index contributed by atoms with van der Waals surface area (Å²) < 4.78 is 33.0. The number of amides is 1. The van der Waals surface area contributed by atoms with Gasteiger partial charge in [0, 0.05) is 13.1 Å². The van der Waals surface area contributed by atoms with Gasteiger partial charge in [0.15, 0.2) is 0 Å². The van der Waals surface area contributed by atoms with Gasteiger partial charge in [0.1, 0.15) is 5.60 Å². The molecule has 2 fully saturated rings. The van der Waals surface area contributed by atoms with Gasteiger partial charge in [0.25, 0.3) is 10.1 Å². The van der Waals surface area contributed by atoms with Crippen molar-refractivity contribution >= 4 is 16.2 Å². The maximum Gasteiger partial charge on any atom is 0.410 e. The van der Waals surface area contributed by atoms with E-state index in [0.717, 1.165) is 6.26 Å². The van der Waals surface area contributed by atoms with E-state index in [2.05, 4.69) is 6.92 Å². The average molecular weight is 319 g/mol. The van der Waals surface area contributed by atoms with Crippen molar-refractivity contribution in [2.24, 2.45) is 11.3 Å². The number of ether oxygens (including phenoxy) is 1. The van der Waals surface area contributed by atoms with Gasteiger partial charge in [-0.05, 0) is 44.9 Å². The topological polar surface area (TPSA) is 72.9 Å². The minimum atomic E-state index is -3.42. The molecule has 1 heterocycles. The Labute approximate surface area is 126 Å². The van der Waals surface area contributed by atoms with E-state index in [1.54, 1.807) is 4.90 Å². The molecule has 122 valence electrons. The molecule has 6 nitrogen and oxygen atoms in total. The van der Waals surface area contributed by atoms with E-state index in [1.807, 2.05) is 20.8 Å². The minimum absolute atomic E-state index is 0.0910. The molecule has 0 aromatic carbocycles. The van der Waals surface area contributed by atoms with Crippen LogP contribution in [0.3, 0.4) is 0 Å². The third-order valence-electron chi connectivity index (χ3n) is 4.18. The molecule has 1 aliphatic heterocycles. The zero-order chi connectivity index (χ0) is 16.1. The quantitative estimate of drug-likeness (QED) is 0.728. The molecule has 0 spiro atoms. The highest BCUT2D eigenvalue weighted by atomic mass is 32.2. The van der Waals surface area contributed by atoms with Crippen LogP contribution in [0, 0.1) is 11.3 Å². The van der Waals surface area contributed by atoms with Crippen LogP contribution in [-0.2, 0) is 19.0 Å². The maximum absolute atomic E-state index is 12.1. The Morgan fingerprint density at radius 2 is 1.95 bits per heavy atom. The molecule has 3 atom stereocenters. The first-order chi connectivity index (χ1) is 9.38. The van der Waals surface area contributed by atoms with E-state index in [-0.39, 0.29) is 23.5 Å². The highest BCUT2D eigenvalue weighted by Gasteiger charge is 2.52. The first-order valence-corrected chi connectivity index (χ1v) is 9.06. The number of fused-ring (bicyclic) bond motifs is 1. The molecule has 0 radical (unpaired) electrons. The number of carbonyl (C=O) groups excluding carboxylic acids is 1. The van der Waals surface area contributed by atoms with Gasteiger partial charge in [0.05, 0.1) is 12.4 Å². The van der Waals surface area contributed by atoms with Gasteiger partial charge in [-0.15, -0.1) is 0 Å². The summed E-state index contributed by atoms with van der Waals surface area (Å²) in [7, 11) is -3.42. The molecule has 0 aromatic heterocycles. The average Bonchev–Trinajstić information content (AvgIpc) is 2.63. The number of rotatable bonds is 2. The molecule has 1 saturated heterocycles. The Morgan fingerprint density at radius 3 is 2.43 bits per heavy atom. The number of hydrogen-bond acceptors (Lipinski definition) is 5. The lowest BCUT2D eigenvalue weighted by atomic mass is 9.83. The van der Waals surface area contributed by atoms with Crippen LogP contribution in [0.25, 0.3) is 0 Å². The zero-order valence-electron chi connectivity index (χ0n) is 13.4. The molecule has 2 rings (SSSR count). The van der Waals surface area contributed by atoms with Crippen molar-refractivity contribution < 1.29 is 22.1 Å². The summed E-state index contributed by atoms with van der Waals surface area (Å²) in [5.41, 5.74) is -0.593. The predicted molar refractivity (Wildman–Crippen MR) is 78.4 cm³/mol. The van der Waals surface area contributed by atoms with Crippen LogP contribution in [0.15, 0.2) is 0 Å². The van der Waals surface area contributed by atoms with Crippen molar-refractivity contribution in [3.8, 4) is 0 Å². The minimum Gasteiger partial charge on any atom is -0.444 e. The third kappa shape index (κ3) is 4.10. The van der Waals surface area contributed by atoms with Crippen molar-refractivity contribution in [1.29, 1.82) is 0 Å². The number of hydrogen-bond donors (Lipinski definition) is 0. The van der Waals surface area contributed by atoms with Gasteiger partial charge in [0.2, 0.25) is 0 Å². The molecular weight excluding hydrogens is 294 g/mol. The fraction of sp³-hybridized carbons (Fsp3) is 0.929. The fourth-order valence-electron chi connectivity index (χ4n) is 3.41. The molecule has 7 heteroatoms. The van der Waals surface area contributed by atoms with Gasteiger partial charge in [-0.3, -0.25) is 4.18 Å². The lowest BCUT2D eigenvalue weighted by Gasteiger charge is -2.27. The Balaban J connectivity index is 1.97. The lowest BCUT2D eigenvalue weighted by molar-refractivity contribution is 0.0259. The number of likely N-dealkylation sites (tertiary alicyclic amines) is 1. The highest BCUT2D eigenvalue weighted by Crippen LogP contribution is 2.49. The van der Waals surface area contributed by atoms with Crippen LogP contribution in [0.5, 0.6) is 0 Å². The number of nitrogens with zero attached hydrogens (tertiary/aromatic N) is 1. The summed E-state index contributed by atoms with van der Waals surface area (Å²) in [6, 6.07) is 0. The van der Waals surface area contributed by atoms with Crippen molar-refractivity contribution in [3.63, 3.8) is 0 Å². The van der Waals surface area contributed by atoms with E-state index in [1.165, 1.54) is 0 Å². The summed E-state index contributed by atoms with van der Waals surface area (Å²) in [5, 5.41) is 0. The molecule has 0 aromatic rings. The van der Waals surface area contributed by atoms with Gasteiger partial charge >= 0.3 is 6.09 Å². The standard InChI is InChI=1S/C14H25NO5S/c1-13(2,3)19-12(16)15-8-10-6-11(20-21(5,17)18)7-14(10,4)9-15/h10-11H,6-9H2,1-5H3. The van der Waals surface area contributed by atoms with Gasteiger partial charge in [-0.1, -0.05) is 6.92 Å². The summed E-state index contributed by atoms with van der Waals surface area (Å²) in [5.74, 6) is 0.261. The highest BCUT2D eigenvalue weighted by molar-refractivity contribution is 7.86. The van der Waals surface area contributed by atoms with Gasteiger partial charge in [-0.2, -0.15) is 8.42 Å². The molecule has 21 heavy (non-hydrogen) atoms. The second-order valence-corrected chi connectivity index (χ2v) is 9.17. The smallest absolute Gasteiger partial charge is 0.410 e. The van der Waals surface area contributed by atoms with E-state index >= 15 is 0 Å². The first kappa shape index (κ1) is 16.5. The van der Waals surface area contributed by atoms with Crippen LogP contribution in [0.1, 0.15) is 40.5 Å². The summed E-state index contributed by atoms with van der Waals surface area (Å²) in [4.78, 5) is 13.8. The number of carbonyl (C=O) groups is 1. The molecule has 1 saturated carbocycles. The molecule has 0 bridgehead atoms. The van der Waals surface area contributed by atoms with E-state index in [4.69, 9.17) is 8.92 Å². The van der Waals surface area contributed by atoms with E-state index < -0.39 is 15.7 Å². The SMILES string of the molecule is CC(C)(C)OC(=O)N1CC2CC(OS(C)(=O)=O)CC2(C)C1. The lowest BCUT2D eigenvalue weighted by Crippen LogP contribution is -2.37. The molecule has 0 N–H and O–H groups in total. The third-order valence-corrected chi connectivity index (χ3v) is 4.80.